The van der Waals surface area contributed by atoms with Gasteiger partial charge in [0.25, 0.3) is 5.91 Å². The fraction of sp³-hybridized carbons (Fsp3) is 0.0435. The number of nitrogens with zero attached hydrogens (tertiary/aromatic N) is 1. The number of nitriles is 1. The number of amides is 1. The van der Waals surface area contributed by atoms with Crippen LogP contribution in [0.5, 0.6) is 5.75 Å². The number of halogens is 2. The number of benzene rings is 3. The van der Waals surface area contributed by atoms with E-state index in [1.165, 1.54) is 30.3 Å². The Hall–Kier alpha value is -3.43. The zero-order chi connectivity index (χ0) is 20.6. The van der Waals surface area contributed by atoms with Gasteiger partial charge in [-0.25, -0.2) is 4.39 Å². The first-order chi connectivity index (χ1) is 14.0. The number of carbonyl (C=O) groups is 1. The Balaban J connectivity index is 1.70. The fourth-order valence-electron chi connectivity index (χ4n) is 2.51. The van der Waals surface area contributed by atoms with Crippen LogP contribution in [0.3, 0.4) is 0 Å². The Bertz CT molecular complexity index is 1070. The molecule has 0 aliphatic heterocycles. The second-order valence-corrected chi connectivity index (χ2v) is 6.95. The lowest BCUT2D eigenvalue weighted by atomic mass is 10.1. The molecular formula is C23H16BrFN2O2. The van der Waals surface area contributed by atoms with Gasteiger partial charge in [0.1, 0.15) is 29.8 Å². The molecule has 0 spiro atoms. The minimum atomic E-state index is -0.570. The first-order valence-corrected chi connectivity index (χ1v) is 9.49. The summed E-state index contributed by atoms with van der Waals surface area (Å²) in [5, 5.41) is 11.9. The van der Waals surface area contributed by atoms with E-state index in [1.807, 2.05) is 36.4 Å². The van der Waals surface area contributed by atoms with Gasteiger partial charge in [0.2, 0.25) is 0 Å². The SMILES string of the molecule is N#C/C(=C/c1ccc(OCc2ccccc2)c(Br)c1)C(=O)Nc1ccc(F)cc1. The monoisotopic (exact) mass is 450 g/mol. The van der Waals surface area contributed by atoms with Crippen LogP contribution < -0.4 is 10.1 Å². The standard InChI is InChI=1S/C23H16BrFN2O2/c24-21-13-17(6-11-22(21)29-15-16-4-2-1-3-5-16)12-18(14-26)23(28)27-20-9-7-19(25)8-10-20/h1-13H,15H2,(H,27,28)/b18-12-. The summed E-state index contributed by atoms with van der Waals surface area (Å²) in [5.74, 6) is -0.321. The number of carbonyl (C=O) groups excluding carboxylic acids is 1. The normalized spacial score (nSPS) is 10.9. The van der Waals surface area contributed by atoms with E-state index in [1.54, 1.807) is 18.2 Å². The molecule has 3 rings (SSSR count). The van der Waals surface area contributed by atoms with E-state index < -0.39 is 11.7 Å². The summed E-state index contributed by atoms with van der Waals surface area (Å²) in [5.41, 5.74) is 2.05. The molecule has 29 heavy (non-hydrogen) atoms. The number of anilines is 1. The minimum Gasteiger partial charge on any atom is -0.488 e. The lowest BCUT2D eigenvalue weighted by molar-refractivity contribution is -0.112. The lowest BCUT2D eigenvalue weighted by Crippen LogP contribution is -2.13. The summed E-state index contributed by atoms with van der Waals surface area (Å²) in [7, 11) is 0. The van der Waals surface area contributed by atoms with Crippen LogP contribution >= 0.6 is 15.9 Å². The molecule has 3 aromatic carbocycles. The molecule has 0 radical (unpaired) electrons. The Morgan fingerprint density at radius 2 is 1.83 bits per heavy atom. The van der Waals surface area contributed by atoms with Gasteiger partial charge < -0.3 is 10.1 Å². The highest BCUT2D eigenvalue weighted by Crippen LogP contribution is 2.28. The molecule has 0 heterocycles. The van der Waals surface area contributed by atoms with E-state index in [0.717, 1.165) is 5.56 Å². The molecule has 0 fully saturated rings. The first kappa shape index (κ1) is 20.3. The van der Waals surface area contributed by atoms with Crippen molar-refractivity contribution in [2.24, 2.45) is 0 Å². The second-order valence-electron chi connectivity index (χ2n) is 6.09. The summed E-state index contributed by atoms with van der Waals surface area (Å²) in [4.78, 5) is 12.3. The van der Waals surface area contributed by atoms with Gasteiger partial charge in [-0.3, -0.25) is 4.79 Å². The summed E-state index contributed by atoms with van der Waals surface area (Å²) in [6, 6.07) is 22.3. The van der Waals surface area contributed by atoms with E-state index in [-0.39, 0.29) is 5.57 Å². The first-order valence-electron chi connectivity index (χ1n) is 8.70. The number of rotatable bonds is 6. The predicted octanol–water partition coefficient (Wildman–Crippen LogP) is 5.71. The molecule has 144 valence electrons. The fourth-order valence-corrected chi connectivity index (χ4v) is 3.02. The number of ether oxygens (including phenoxy) is 1. The van der Waals surface area contributed by atoms with Crippen LogP contribution in [0.25, 0.3) is 6.08 Å². The topological polar surface area (TPSA) is 62.1 Å². The van der Waals surface area contributed by atoms with Gasteiger partial charge >= 0.3 is 0 Å². The molecule has 0 aliphatic rings. The van der Waals surface area contributed by atoms with Crippen molar-refractivity contribution in [3.8, 4) is 11.8 Å². The molecule has 3 aromatic rings. The Labute approximate surface area is 176 Å². The molecular weight excluding hydrogens is 435 g/mol. The molecule has 0 saturated carbocycles. The maximum absolute atomic E-state index is 13.0. The van der Waals surface area contributed by atoms with Crippen molar-refractivity contribution in [3.05, 3.63) is 99.8 Å². The molecule has 1 N–H and O–H groups in total. The van der Waals surface area contributed by atoms with Gasteiger partial charge in [-0.2, -0.15) is 5.26 Å². The maximum Gasteiger partial charge on any atom is 0.266 e. The summed E-state index contributed by atoms with van der Waals surface area (Å²) < 4.78 is 19.5. The van der Waals surface area contributed by atoms with Gasteiger partial charge in [0.15, 0.2) is 0 Å². The third kappa shape index (κ3) is 5.77. The van der Waals surface area contributed by atoms with Crippen LogP contribution in [0.1, 0.15) is 11.1 Å². The van der Waals surface area contributed by atoms with Crippen LogP contribution in [0, 0.1) is 17.1 Å². The largest absolute Gasteiger partial charge is 0.488 e. The third-order valence-corrected chi connectivity index (χ3v) is 4.59. The zero-order valence-corrected chi connectivity index (χ0v) is 16.8. The zero-order valence-electron chi connectivity index (χ0n) is 15.2. The van der Waals surface area contributed by atoms with Crippen LogP contribution in [-0.4, -0.2) is 5.91 Å². The van der Waals surface area contributed by atoms with Gasteiger partial charge in [-0.15, -0.1) is 0 Å². The molecule has 0 atom stereocenters. The highest BCUT2D eigenvalue weighted by Gasteiger charge is 2.11. The summed E-state index contributed by atoms with van der Waals surface area (Å²) >= 11 is 3.46. The van der Waals surface area contributed by atoms with Crippen molar-refractivity contribution in [2.45, 2.75) is 6.61 Å². The van der Waals surface area contributed by atoms with Gasteiger partial charge in [0, 0.05) is 5.69 Å². The second kappa shape index (κ2) is 9.67. The molecule has 4 nitrogen and oxygen atoms in total. The molecule has 0 aliphatic carbocycles. The van der Waals surface area contributed by atoms with Gasteiger partial charge in [-0.1, -0.05) is 36.4 Å². The van der Waals surface area contributed by atoms with Crippen molar-refractivity contribution >= 4 is 33.6 Å². The number of hydrogen-bond acceptors (Lipinski definition) is 3. The summed E-state index contributed by atoms with van der Waals surface area (Å²) in [6.45, 7) is 0.429. The Kier molecular flexibility index (Phi) is 6.77. The van der Waals surface area contributed by atoms with E-state index >= 15 is 0 Å². The number of hydrogen-bond donors (Lipinski definition) is 1. The molecule has 0 unspecified atom stereocenters. The Morgan fingerprint density at radius 3 is 2.48 bits per heavy atom. The van der Waals surface area contributed by atoms with Crippen molar-refractivity contribution in [1.82, 2.24) is 0 Å². The minimum absolute atomic E-state index is 0.0702. The van der Waals surface area contributed by atoms with E-state index in [4.69, 9.17) is 4.74 Å². The van der Waals surface area contributed by atoms with E-state index in [0.29, 0.717) is 28.1 Å². The van der Waals surface area contributed by atoms with Gasteiger partial charge in [-0.05, 0) is 69.5 Å². The maximum atomic E-state index is 13.0. The molecule has 0 aromatic heterocycles. The quantitative estimate of drug-likeness (QED) is 0.386. The average Bonchev–Trinajstić information content (AvgIpc) is 2.73. The molecule has 6 heteroatoms. The predicted molar refractivity (Wildman–Crippen MR) is 114 cm³/mol. The van der Waals surface area contributed by atoms with Crippen LogP contribution in [0.15, 0.2) is 82.8 Å². The van der Waals surface area contributed by atoms with E-state index in [9.17, 15) is 14.4 Å². The number of nitrogens with one attached hydrogen (secondary N) is 1. The van der Waals surface area contributed by atoms with Crippen molar-refractivity contribution in [3.63, 3.8) is 0 Å². The molecule has 0 saturated heterocycles. The smallest absolute Gasteiger partial charge is 0.266 e. The van der Waals surface area contributed by atoms with Crippen molar-refractivity contribution in [1.29, 1.82) is 5.26 Å². The van der Waals surface area contributed by atoms with E-state index in [2.05, 4.69) is 21.2 Å². The van der Waals surface area contributed by atoms with Crippen LogP contribution in [0.2, 0.25) is 0 Å². The average molecular weight is 451 g/mol. The highest BCUT2D eigenvalue weighted by atomic mass is 79.9. The third-order valence-electron chi connectivity index (χ3n) is 3.97. The van der Waals surface area contributed by atoms with Crippen LogP contribution in [0.4, 0.5) is 10.1 Å². The highest BCUT2D eigenvalue weighted by molar-refractivity contribution is 9.10. The lowest BCUT2D eigenvalue weighted by Gasteiger charge is -2.09. The summed E-state index contributed by atoms with van der Waals surface area (Å²) in [6.07, 6.45) is 1.48. The van der Waals surface area contributed by atoms with Gasteiger partial charge in [0.05, 0.1) is 4.47 Å². The molecule has 0 bridgehead atoms. The Morgan fingerprint density at radius 1 is 1.10 bits per heavy atom. The van der Waals surface area contributed by atoms with Crippen molar-refractivity contribution < 1.29 is 13.9 Å². The van der Waals surface area contributed by atoms with Crippen LogP contribution in [-0.2, 0) is 11.4 Å². The molecule has 1 amide bonds. The van der Waals surface area contributed by atoms with Crippen molar-refractivity contribution in [2.75, 3.05) is 5.32 Å².